The molecule has 0 saturated heterocycles. The molecule has 0 aliphatic rings. The summed E-state index contributed by atoms with van der Waals surface area (Å²) in [5, 5.41) is 4.71. The summed E-state index contributed by atoms with van der Waals surface area (Å²) in [5.74, 6) is -0.173. The average molecular weight is 398 g/mol. The molecule has 7 nitrogen and oxygen atoms in total. The van der Waals surface area contributed by atoms with Gasteiger partial charge >= 0.3 is 5.97 Å². The molecule has 3 rings (SSSR count). The molecule has 1 aromatic carbocycles. The lowest BCUT2D eigenvalue weighted by Crippen LogP contribution is -2.11. The van der Waals surface area contributed by atoms with Gasteiger partial charge in [0.15, 0.2) is 16.7 Å². The van der Waals surface area contributed by atoms with Crippen molar-refractivity contribution in [2.75, 3.05) is 11.9 Å². The molecule has 1 N–H and O–H groups in total. The van der Waals surface area contributed by atoms with Crippen molar-refractivity contribution >= 4 is 34.1 Å². The molecule has 0 aliphatic carbocycles. The molecule has 3 aromatic rings. The first-order valence-corrected chi connectivity index (χ1v) is 9.47. The van der Waals surface area contributed by atoms with E-state index in [0.29, 0.717) is 28.8 Å². The minimum Gasteiger partial charge on any atom is -0.466 e. The fourth-order valence-electron chi connectivity index (χ4n) is 2.45. The van der Waals surface area contributed by atoms with E-state index in [-0.39, 0.29) is 23.9 Å². The maximum absolute atomic E-state index is 12.4. The van der Waals surface area contributed by atoms with Crippen molar-refractivity contribution in [2.24, 2.45) is 0 Å². The van der Waals surface area contributed by atoms with Crippen LogP contribution in [0.1, 0.15) is 40.5 Å². The monoisotopic (exact) mass is 398 g/mol. The number of carbonyl (C=O) groups is 3. The number of ketones is 1. The van der Waals surface area contributed by atoms with Gasteiger partial charge in [-0.3, -0.25) is 19.7 Å². The van der Waals surface area contributed by atoms with Crippen LogP contribution < -0.4 is 5.32 Å². The maximum Gasteiger partial charge on any atom is 0.311 e. The predicted octanol–water partition coefficient (Wildman–Crippen LogP) is 3.96. The van der Waals surface area contributed by atoms with Crippen molar-refractivity contribution in [3.8, 4) is 11.3 Å². The average Bonchev–Trinajstić information content (AvgIpc) is 3.32. The normalized spacial score (nSPS) is 10.5. The molecule has 0 aliphatic heterocycles. The van der Waals surface area contributed by atoms with Gasteiger partial charge in [0.1, 0.15) is 5.76 Å². The number of Topliss-reactive ketones (excluding diaryl/α,β-unsaturated/α-hetero) is 1. The van der Waals surface area contributed by atoms with Crippen LogP contribution in [0.2, 0.25) is 0 Å². The molecular formula is C20H18N2O5S. The van der Waals surface area contributed by atoms with E-state index in [1.165, 1.54) is 18.3 Å². The molecule has 0 bridgehead atoms. The molecule has 1 amide bonds. The standard InChI is InChI=1S/C20H18N2O5S/c1-3-26-18(24)10-15-11-28-20(21-15)22-19(25)17-9-8-16(27-17)14-6-4-13(5-7-14)12(2)23/h4-9,11H,3,10H2,1-2H3,(H,21,22,25). The highest BCUT2D eigenvalue weighted by Crippen LogP contribution is 2.24. The molecular weight excluding hydrogens is 380 g/mol. The van der Waals surface area contributed by atoms with E-state index in [0.717, 1.165) is 5.56 Å². The summed E-state index contributed by atoms with van der Waals surface area (Å²) < 4.78 is 10.5. The lowest BCUT2D eigenvalue weighted by molar-refractivity contribution is -0.142. The van der Waals surface area contributed by atoms with Crippen LogP contribution in [0.4, 0.5) is 5.13 Å². The zero-order valence-corrected chi connectivity index (χ0v) is 16.2. The summed E-state index contributed by atoms with van der Waals surface area (Å²) >= 11 is 1.22. The van der Waals surface area contributed by atoms with Gasteiger partial charge in [0.25, 0.3) is 5.91 Å². The van der Waals surface area contributed by atoms with Crippen LogP contribution in [0.15, 0.2) is 46.2 Å². The van der Waals surface area contributed by atoms with Crippen molar-refractivity contribution in [3.63, 3.8) is 0 Å². The maximum atomic E-state index is 12.4. The molecule has 0 radical (unpaired) electrons. The second-order valence-corrected chi connectivity index (χ2v) is 6.74. The fourth-order valence-corrected chi connectivity index (χ4v) is 3.15. The van der Waals surface area contributed by atoms with Gasteiger partial charge in [-0.25, -0.2) is 4.98 Å². The second kappa shape index (κ2) is 8.62. The van der Waals surface area contributed by atoms with Crippen LogP contribution in [-0.2, 0) is 16.0 Å². The molecule has 28 heavy (non-hydrogen) atoms. The number of thiazole rings is 1. The fraction of sp³-hybridized carbons (Fsp3) is 0.200. The molecule has 0 saturated carbocycles. The number of aromatic nitrogens is 1. The van der Waals surface area contributed by atoms with Crippen LogP contribution in [0.25, 0.3) is 11.3 Å². The summed E-state index contributed by atoms with van der Waals surface area (Å²) in [4.78, 5) is 39.4. The van der Waals surface area contributed by atoms with Crippen molar-refractivity contribution in [3.05, 3.63) is 58.8 Å². The molecule has 0 spiro atoms. The summed E-state index contributed by atoms with van der Waals surface area (Å²) in [6.45, 7) is 3.55. The number of nitrogens with one attached hydrogen (secondary N) is 1. The Balaban J connectivity index is 1.65. The Morgan fingerprint density at radius 3 is 2.57 bits per heavy atom. The third-order valence-corrected chi connectivity index (χ3v) is 4.62. The number of nitrogens with zero attached hydrogens (tertiary/aromatic N) is 1. The number of ether oxygens (including phenoxy) is 1. The summed E-state index contributed by atoms with van der Waals surface area (Å²) in [5.41, 5.74) is 1.90. The van der Waals surface area contributed by atoms with Crippen molar-refractivity contribution in [1.82, 2.24) is 4.98 Å². The molecule has 144 valence electrons. The van der Waals surface area contributed by atoms with Gasteiger partial charge in [-0.2, -0.15) is 0 Å². The predicted molar refractivity (Wildman–Crippen MR) is 105 cm³/mol. The van der Waals surface area contributed by atoms with Gasteiger partial charge in [-0.15, -0.1) is 11.3 Å². The topological polar surface area (TPSA) is 98.5 Å². The Morgan fingerprint density at radius 2 is 1.89 bits per heavy atom. The van der Waals surface area contributed by atoms with Crippen LogP contribution in [0.3, 0.4) is 0 Å². The summed E-state index contributed by atoms with van der Waals surface area (Å²) in [6, 6.07) is 10.2. The molecule has 0 atom stereocenters. The third-order valence-electron chi connectivity index (χ3n) is 3.81. The number of amides is 1. The first kappa shape index (κ1) is 19.5. The minimum absolute atomic E-state index is 0.0168. The van der Waals surface area contributed by atoms with Crippen LogP contribution >= 0.6 is 11.3 Å². The Bertz CT molecular complexity index is 1000. The number of rotatable bonds is 7. The largest absolute Gasteiger partial charge is 0.466 e. The molecule has 0 fully saturated rings. The number of esters is 1. The van der Waals surface area contributed by atoms with Gasteiger partial charge in [-0.1, -0.05) is 24.3 Å². The van der Waals surface area contributed by atoms with Crippen LogP contribution in [0.5, 0.6) is 0 Å². The first-order chi connectivity index (χ1) is 13.5. The van der Waals surface area contributed by atoms with E-state index in [4.69, 9.17) is 9.15 Å². The van der Waals surface area contributed by atoms with E-state index in [1.807, 2.05) is 0 Å². The van der Waals surface area contributed by atoms with Gasteiger partial charge < -0.3 is 9.15 Å². The molecule has 0 unspecified atom stereocenters. The van der Waals surface area contributed by atoms with Gasteiger partial charge in [0, 0.05) is 16.5 Å². The van der Waals surface area contributed by atoms with Crippen LogP contribution in [0, 0.1) is 0 Å². The zero-order chi connectivity index (χ0) is 20.1. The highest BCUT2D eigenvalue weighted by Gasteiger charge is 2.15. The number of hydrogen-bond donors (Lipinski definition) is 1. The Labute approximate surface area is 165 Å². The van der Waals surface area contributed by atoms with Crippen molar-refractivity contribution in [1.29, 1.82) is 0 Å². The number of furan rings is 1. The van der Waals surface area contributed by atoms with E-state index < -0.39 is 5.91 Å². The number of anilines is 1. The third kappa shape index (κ3) is 4.72. The first-order valence-electron chi connectivity index (χ1n) is 8.59. The molecule has 2 aromatic heterocycles. The van der Waals surface area contributed by atoms with E-state index in [2.05, 4.69) is 10.3 Å². The Morgan fingerprint density at radius 1 is 1.14 bits per heavy atom. The smallest absolute Gasteiger partial charge is 0.311 e. The number of benzene rings is 1. The highest BCUT2D eigenvalue weighted by atomic mass is 32.1. The molecule has 8 heteroatoms. The van der Waals surface area contributed by atoms with Crippen molar-refractivity contribution in [2.45, 2.75) is 20.3 Å². The van der Waals surface area contributed by atoms with Gasteiger partial charge in [0.05, 0.1) is 18.7 Å². The zero-order valence-electron chi connectivity index (χ0n) is 15.4. The SMILES string of the molecule is CCOC(=O)Cc1csc(NC(=O)c2ccc(-c3ccc(C(C)=O)cc3)o2)n1. The second-order valence-electron chi connectivity index (χ2n) is 5.88. The van der Waals surface area contributed by atoms with E-state index in [1.54, 1.807) is 48.7 Å². The minimum atomic E-state index is -0.441. The van der Waals surface area contributed by atoms with E-state index >= 15 is 0 Å². The van der Waals surface area contributed by atoms with Gasteiger partial charge in [-0.05, 0) is 26.0 Å². The summed E-state index contributed by atoms with van der Waals surface area (Å²) in [7, 11) is 0. The van der Waals surface area contributed by atoms with Crippen LogP contribution in [-0.4, -0.2) is 29.3 Å². The Kier molecular flexibility index (Phi) is 6.00. The lowest BCUT2D eigenvalue weighted by atomic mass is 10.1. The quantitative estimate of drug-likeness (QED) is 0.478. The Hall–Kier alpha value is -3.26. The van der Waals surface area contributed by atoms with Gasteiger partial charge in [0.2, 0.25) is 0 Å². The molecule has 2 heterocycles. The van der Waals surface area contributed by atoms with Crippen molar-refractivity contribution < 1.29 is 23.5 Å². The van der Waals surface area contributed by atoms with E-state index in [9.17, 15) is 14.4 Å². The lowest BCUT2D eigenvalue weighted by Gasteiger charge is -2.00. The highest BCUT2D eigenvalue weighted by molar-refractivity contribution is 7.14. The number of carbonyl (C=O) groups excluding carboxylic acids is 3. The summed E-state index contributed by atoms with van der Waals surface area (Å²) in [6.07, 6.45) is 0.0569. The number of hydrogen-bond acceptors (Lipinski definition) is 7.